The number of nitrogens with zero attached hydrogens (tertiary/aromatic N) is 1. The van der Waals surface area contributed by atoms with Gasteiger partial charge in [-0.15, -0.1) is 0 Å². The minimum Gasteiger partial charge on any atom is -0.357 e. The second-order valence-corrected chi connectivity index (χ2v) is 8.16. The monoisotopic (exact) mass is 349 g/mol. The van der Waals surface area contributed by atoms with Crippen LogP contribution in [0.15, 0.2) is 47.5 Å². The molecule has 5 nitrogen and oxygen atoms in total. The van der Waals surface area contributed by atoms with Crippen LogP contribution in [0.3, 0.4) is 0 Å². The molecule has 2 N–H and O–H groups in total. The Morgan fingerprint density at radius 3 is 2.58 bits per heavy atom. The molecule has 0 aromatic heterocycles. The molecule has 0 amide bonds. The molecule has 6 heteroatoms. The van der Waals surface area contributed by atoms with E-state index in [0.29, 0.717) is 19.0 Å². The minimum absolute atomic E-state index is 0.101. The van der Waals surface area contributed by atoms with E-state index >= 15 is 0 Å². The molecule has 0 unspecified atom stereocenters. The van der Waals surface area contributed by atoms with Crippen LogP contribution in [-0.4, -0.2) is 39.3 Å². The molecule has 24 heavy (non-hydrogen) atoms. The van der Waals surface area contributed by atoms with Crippen molar-refractivity contribution < 1.29 is 8.42 Å². The maximum Gasteiger partial charge on any atom is 0.191 e. The molecule has 132 valence electrons. The van der Waals surface area contributed by atoms with E-state index in [4.69, 9.17) is 0 Å². The van der Waals surface area contributed by atoms with Crippen molar-refractivity contribution in [2.75, 3.05) is 18.8 Å². The first-order valence-electron chi connectivity index (χ1n) is 8.53. The van der Waals surface area contributed by atoms with Crippen LogP contribution in [0.4, 0.5) is 0 Å². The van der Waals surface area contributed by atoms with Gasteiger partial charge in [0.05, 0.1) is 11.5 Å². The Morgan fingerprint density at radius 2 is 1.92 bits per heavy atom. The van der Waals surface area contributed by atoms with E-state index < -0.39 is 9.84 Å². The summed E-state index contributed by atoms with van der Waals surface area (Å²) < 4.78 is 24.3. The van der Waals surface area contributed by atoms with Gasteiger partial charge < -0.3 is 10.6 Å². The van der Waals surface area contributed by atoms with E-state index in [2.05, 4.69) is 27.8 Å². The lowest BCUT2D eigenvalue weighted by Crippen LogP contribution is -2.42. The van der Waals surface area contributed by atoms with Gasteiger partial charge >= 0.3 is 0 Å². The van der Waals surface area contributed by atoms with Crippen LogP contribution in [0.1, 0.15) is 31.7 Å². The zero-order chi connectivity index (χ0) is 17.3. The molecule has 0 saturated heterocycles. The van der Waals surface area contributed by atoms with E-state index in [1.165, 1.54) is 0 Å². The maximum absolute atomic E-state index is 12.2. The molecule has 0 bridgehead atoms. The van der Waals surface area contributed by atoms with Gasteiger partial charge in [0.2, 0.25) is 0 Å². The molecule has 1 aliphatic carbocycles. The topological polar surface area (TPSA) is 70.6 Å². The second kappa shape index (κ2) is 9.47. The maximum atomic E-state index is 12.2. The summed E-state index contributed by atoms with van der Waals surface area (Å²) in [5.41, 5.74) is 0.838. The number of rotatable bonds is 8. The number of hydrogen-bond donors (Lipinski definition) is 2. The van der Waals surface area contributed by atoms with E-state index in [-0.39, 0.29) is 11.5 Å². The molecule has 0 aliphatic heterocycles. The van der Waals surface area contributed by atoms with Crippen molar-refractivity contribution in [1.82, 2.24) is 10.6 Å². The van der Waals surface area contributed by atoms with Gasteiger partial charge in [-0.05, 0) is 31.7 Å². The highest BCUT2D eigenvalue weighted by Gasteiger charge is 2.13. The van der Waals surface area contributed by atoms with Crippen LogP contribution in [0.2, 0.25) is 0 Å². The standard InChI is InChI=1S/C18H27N3O2S/c1-2-19-18(21-17-11-6-7-12-17)20-13-8-14-24(22,23)15-16-9-4-3-5-10-16/h3-7,9-10,17H,2,8,11-15H2,1H3,(H2,19,20,21). The Bertz CT molecular complexity index is 646. The highest BCUT2D eigenvalue weighted by atomic mass is 32.2. The molecule has 2 rings (SSSR count). The minimum atomic E-state index is -3.09. The molecular weight excluding hydrogens is 322 g/mol. The summed E-state index contributed by atoms with van der Waals surface area (Å²) in [4.78, 5) is 4.49. The molecule has 0 heterocycles. The zero-order valence-electron chi connectivity index (χ0n) is 14.2. The SMILES string of the molecule is CCNC(=NCCCS(=O)(=O)Cc1ccccc1)NC1CC=CC1. The largest absolute Gasteiger partial charge is 0.357 e. The first kappa shape index (κ1) is 18.5. The normalized spacial score (nSPS) is 15.6. The average Bonchev–Trinajstić information content (AvgIpc) is 3.05. The van der Waals surface area contributed by atoms with Crippen molar-refractivity contribution in [3.05, 3.63) is 48.0 Å². The summed E-state index contributed by atoms with van der Waals surface area (Å²) in [6, 6.07) is 9.70. The zero-order valence-corrected chi connectivity index (χ0v) is 15.1. The predicted octanol–water partition coefficient (Wildman–Crippen LogP) is 2.27. The molecule has 0 saturated carbocycles. The van der Waals surface area contributed by atoms with Gasteiger partial charge in [0.25, 0.3) is 0 Å². The van der Waals surface area contributed by atoms with Crippen molar-refractivity contribution in [3.63, 3.8) is 0 Å². The fraction of sp³-hybridized carbons (Fsp3) is 0.500. The summed E-state index contributed by atoms with van der Waals surface area (Å²) in [7, 11) is -3.09. The van der Waals surface area contributed by atoms with Gasteiger partial charge in [0, 0.05) is 19.1 Å². The lowest BCUT2D eigenvalue weighted by molar-refractivity contribution is 0.592. The number of benzene rings is 1. The molecule has 0 spiro atoms. The summed E-state index contributed by atoms with van der Waals surface area (Å²) in [6.07, 6.45) is 6.88. The van der Waals surface area contributed by atoms with Crippen molar-refractivity contribution in [3.8, 4) is 0 Å². The quantitative estimate of drug-likeness (QED) is 0.327. The predicted molar refractivity (Wildman–Crippen MR) is 99.8 cm³/mol. The molecule has 1 aliphatic rings. The fourth-order valence-corrected chi connectivity index (χ4v) is 4.04. The van der Waals surface area contributed by atoms with Crippen LogP contribution >= 0.6 is 0 Å². The summed E-state index contributed by atoms with van der Waals surface area (Å²) in [5.74, 6) is 1.03. The lowest BCUT2D eigenvalue weighted by Gasteiger charge is -2.16. The van der Waals surface area contributed by atoms with Gasteiger partial charge in [0.1, 0.15) is 0 Å². The van der Waals surface area contributed by atoms with E-state index in [1.54, 1.807) is 0 Å². The smallest absolute Gasteiger partial charge is 0.191 e. The summed E-state index contributed by atoms with van der Waals surface area (Å²) >= 11 is 0. The third-order valence-electron chi connectivity index (χ3n) is 3.81. The molecule has 0 fully saturated rings. The molecule has 0 radical (unpaired) electrons. The molecular formula is C18H27N3O2S. The number of sulfone groups is 1. The van der Waals surface area contributed by atoms with Crippen molar-refractivity contribution in [1.29, 1.82) is 0 Å². The van der Waals surface area contributed by atoms with Crippen molar-refractivity contribution >= 4 is 15.8 Å². The molecule has 1 aromatic carbocycles. The summed E-state index contributed by atoms with van der Waals surface area (Å²) in [6.45, 7) is 3.32. The van der Waals surface area contributed by atoms with Crippen LogP contribution in [0.25, 0.3) is 0 Å². The number of hydrogen-bond acceptors (Lipinski definition) is 3. The number of aliphatic imine (C=N–C) groups is 1. The number of guanidine groups is 1. The van der Waals surface area contributed by atoms with E-state index in [9.17, 15) is 8.42 Å². The highest BCUT2D eigenvalue weighted by Crippen LogP contribution is 2.09. The second-order valence-electron chi connectivity index (χ2n) is 5.98. The first-order valence-corrected chi connectivity index (χ1v) is 10.4. The average molecular weight is 350 g/mol. The van der Waals surface area contributed by atoms with Gasteiger partial charge in [-0.3, -0.25) is 4.99 Å². The third kappa shape index (κ3) is 6.74. The Kier molecular flexibility index (Phi) is 7.31. The van der Waals surface area contributed by atoms with E-state index in [0.717, 1.165) is 30.9 Å². The Hall–Kier alpha value is -1.82. The highest BCUT2D eigenvalue weighted by molar-refractivity contribution is 7.90. The Morgan fingerprint density at radius 1 is 1.21 bits per heavy atom. The Balaban J connectivity index is 1.77. The Labute approximate surface area is 145 Å². The molecule has 1 aromatic rings. The van der Waals surface area contributed by atoms with Gasteiger partial charge in [-0.1, -0.05) is 42.5 Å². The fourth-order valence-electron chi connectivity index (χ4n) is 2.62. The van der Waals surface area contributed by atoms with Crippen molar-refractivity contribution in [2.24, 2.45) is 4.99 Å². The van der Waals surface area contributed by atoms with Crippen LogP contribution in [0, 0.1) is 0 Å². The van der Waals surface area contributed by atoms with Crippen LogP contribution in [0.5, 0.6) is 0 Å². The first-order chi connectivity index (χ1) is 11.6. The summed E-state index contributed by atoms with van der Waals surface area (Å²) in [5, 5.41) is 6.59. The lowest BCUT2D eigenvalue weighted by atomic mass is 10.2. The van der Waals surface area contributed by atoms with Gasteiger partial charge in [-0.2, -0.15) is 0 Å². The van der Waals surface area contributed by atoms with Crippen LogP contribution < -0.4 is 10.6 Å². The van der Waals surface area contributed by atoms with Crippen LogP contribution in [-0.2, 0) is 15.6 Å². The van der Waals surface area contributed by atoms with E-state index in [1.807, 2.05) is 37.3 Å². The van der Waals surface area contributed by atoms with Gasteiger partial charge in [-0.25, -0.2) is 8.42 Å². The number of nitrogens with one attached hydrogen (secondary N) is 2. The van der Waals surface area contributed by atoms with Gasteiger partial charge in [0.15, 0.2) is 15.8 Å². The molecule has 0 atom stereocenters. The van der Waals surface area contributed by atoms with Crippen molar-refractivity contribution in [2.45, 2.75) is 38.0 Å². The third-order valence-corrected chi connectivity index (χ3v) is 5.49.